The van der Waals surface area contributed by atoms with Crippen LogP contribution in [0.4, 0.5) is 0 Å². The van der Waals surface area contributed by atoms with Gasteiger partial charge in [-0.15, -0.1) is 0 Å². The van der Waals surface area contributed by atoms with Gasteiger partial charge in [0.25, 0.3) is 0 Å². The van der Waals surface area contributed by atoms with Crippen molar-refractivity contribution in [1.29, 1.82) is 0 Å². The summed E-state index contributed by atoms with van der Waals surface area (Å²) in [6, 6.07) is 0. The van der Waals surface area contributed by atoms with Crippen LogP contribution in [-0.2, 0) is 27.2 Å². The van der Waals surface area contributed by atoms with Crippen molar-refractivity contribution < 1.29 is 34.1 Å². The number of rotatable bonds is 10. The topological polar surface area (TPSA) is 110 Å². The van der Waals surface area contributed by atoms with Gasteiger partial charge in [-0.25, -0.2) is 0 Å². The number of carbonyl (C=O) groups is 3. The number of allylic oxidation sites excluding steroid dienone is 8. The lowest BCUT2D eigenvalue weighted by Gasteiger charge is -2.56. The molecule has 2 fully saturated rings. The maximum atomic E-state index is 14.7. The predicted molar refractivity (Wildman–Crippen MR) is 174 cm³/mol. The summed E-state index contributed by atoms with van der Waals surface area (Å²) in [6.07, 6.45) is 12.9. The summed E-state index contributed by atoms with van der Waals surface area (Å²) < 4.78 is 13.7. The summed E-state index contributed by atoms with van der Waals surface area (Å²) in [4.78, 5) is 40.4. The highest BCUT2D eigenvalue weighted by Crippen LogP contribution is 2.68. The Morgan fingerprint density at radius 1 is 0.933 bits per heavy atom. The van der Waals surface area contributed by atoms with Crippen LogP contribution in [0.25, 0.3) is 0 Å². The molecule has 6 rings (SSSR count). The molecule has 7 nitrogen and oxygen atoms in total. The van der Waals surface area contributed by atoms with Gasteiger partial charge in [-0.05, 0) is 93.1 Å². The molecule has 1 saturated heterocycles. The number of aldehydes is 1. The van der Waals surface area contributed by atoms with E-state index in [4.69, 9.17) is 9.47 Å². The SMILES string of the molecule is CC(C)=CCC/C(C)=C\Cc1c(O)c(CC=C(C)C)c2c(c1O)C(=O)C1=C[C@@H]3C[C@H]4C(C)(C)OC(C/C=C(/C)C=O)(C3=O)[C@@]14O2. The van der Waals surface area contributed by atoms with Crippen molar-refractivity contribution in [2.75, 3.05) is 0 Å². The molecule has 0 aromatic heterocycles. The molecule has 1 saturated carbocycles. The first kappa shape index (κ1) is 32.7. The van der Waals surface area contributed by atoms with Gasteiger partial charge >= 0.3 is 0 Å². The van der Waals surface area contributed by atoms with Crippen LogP contribution in [0.2, 0.25) is 0 Å². The summed E-state index contributed by atoms with van der Waals surface area (Å²) in [5, 5.41) is 23.4. The van der Waals surface area contributed by atoms with E-state index in [1.54, 1.807) is 19.1 Å². The van der Waals surface area contributed by atoms with Gasteiger partial charge in [0.2, 0.25) is 0 Å². The van der Waals surface area contributed by atoms with Crippen molar-refractivity contribution >= 4 is 17.9 Å². The third-order valence-electron chi connectivity index (χ3n) is 10.0. The Kier molecular flexibility index (Phi) is 8.41. The number of phenols is 2. The first-order valence-corrected chi connectivity index (χ1v) is 16.0. The zero-order chi connectivity index (χ0) is 33.1. The maximum absolute atomic E-state index is 14.7. The number of fused-ring (bicyclic) bond motifs is 1. The molecular weight excluding hydrogens is 568 g/mol. The molecule has 4 bridgehead atoms. The molecule has 0 radical (unpaired) electrons. The highest BCUT2D eigenvalue weighted by molar-refractivity contribution is 6.18. The Labute approximate surface area is 266 Å². The maximum Gasteiger partial charge on any atom is 0.200 e. The molecule has 4 atom stereocenters. The summed E-state index contributed by atoms with van der Waals surface area (Å²) in [6.45, 7) is 15.5. The minimum atomic E-state index is -1.55. The zero-order valence-electron chi connectivity index (χ0n) is 27.8. The van der Waals surface area contributed by atoms with Crippen molar-refractivity contribution in [1.82, 2.24) is 0 Å². The molecular formula is C38H46O7. The van der Waals surface area contributed by atoms with E-state index < -0.39 is 28.5 Å². The van der Waals surface area contributed by atoms with Gasteiger partial charge in [-0.3, -0.25) is 14.4 Å². The highest BCUT2D eigenvalue weighted by Gasteiger charge is 2.81. The Bertz CT molecular complexity index is 1620. The Hall–Kier alpha value is -3.71. The van der Waals surface area contributed by atoms with Gasteiger partial charge in [-0.1, -0.05) is 47.1 Å². The second kappa shape index (κ2) is 11.6. The van der Waals surface area contributed by atoms with E-state index in [1.807, 2.05) is 46.8 Å². The number of aromatic hydroxyl groups is 2. The minimum Gasteiger partial charge on any atom is -0.507 e. The van der Waals surface area contributed by atoms with Crippen LogP contribution in [-0.4, -0.2) is 44.9 Å². The fraction of sp³-hybridized carbons (Fsp3) is 0.500. The van der Waals surface area contributed by atoms with E-state index >= 15 is 0 Å². The van der Waals surface area contributed by atoms with Crippen LogP contribution in [0, 0.1) is 11.8 Å². The van der Waals surface area contributed by atoms with Crippen molar-refractivity contribution in [2.45, 2.75) is 111 Å². The van der Waals surface area contributed by atoms with Gasteiger partial charge in [0.15, 0.2) is 22.8 Å². The zero-order valence-corrected chi connectivity index (χ0v) is 27.8. The number of carbonyl (C=O) groups excluding carboxylic acids is 3. The number of ketones is 2. The molecule has 1 aromatic rings. The Morgan fingerprint density at radius 2 is 1.60 bits per heavy atom. The molecule has 1 spiro atoms. The second-order valence-corrected chi connectivity index (χ2v) is 14.2. The molecule has 2 N–H and O–H groups in total. The summed E-state index contributed by atoms with van der Waals surface area (Å²) >= 11 is 0. The van der Waals surface area contributed by atoms with Crippen LogP contribution < -0.4 is 4.74 Å². The first-order valence-electron chi connectivity index (χ1n) is 16.0. The van der Waals surface area contributed by atoms with Crippen molar-refractivity contribution in [3.8, 4) is 17.2 Å². The van der Waals surface area contributed by atoms with Crippen LogP contribution in [0.5, 0.6) is 17.2 Å². The fourth-order valence-electron chi connectivity index (χ4n) is 7.77. The van der Waals surface area contributed by atoms with E-state index in [0.717, 1.165) is 30.3 Å². The van der Waals surface area contributed by atoms with Crippen LogP contribution in [0.3, 0.4) is 0 Å². The molecule has 2 heterocycles. The number of benzene rings is 1. The molecule has 0 amide bonds. The summed E-state index contributed by atoms with van der Waals surface area (Å²) in [7, 11) is 0. The summed E-state index contributed by atoms with van der Waals surface area (Å²) in [5.41, 5.74) is 0.953. The number of hydrogen-bond donors (Lipinski definition) is 2. The Balaban J connectivity index is 1.71. The molecule has 240 valence electrons. The van der Waals surface area contributed by atoms with Crippen molar-refractivity contribution in [2.24, 2.45) is 11.8 Å². The molecule has 2 aliphatic heterocycles. The lowest BCUT2D eigenvalue weighted by molar-refractivity contribution is -0.171. The normalized spacial score (nSPS) is 27.8. The van der Waals surface area contributed by atoms with Gasteiger partial charge in [0.1, 0.15) is 29.1 Å². The van der Waals surface area contributed by atoms with E-state index in [9.17, 15) is 24.6 Å². The monoisotopic (exact) mass is 614 g/mol. The largest absolute Gasteiger partial charge is 0.507 e. The van der Waals surface area contributed by atoms with Crippen molar-refractivity contribution in [3.63, 3.8) is 0 Å². The molecule has 5 aliphatic rings. The highest BCUT2D eigenvalue weighted by atomic mass is 16.6. The molecule has 45 heavy (non-hydrogen) atoms. The lowest BCUT2D eigenvalue weighted by Crippen LogP contribution is -2.72. The quantitative estimate of drug-likeness (QED) is 0.161. The number of phenolic OH excluding ortho intramolecular Hbond substituents is 2. The lowest BCUT2D eigenvalue weighted by atomic mass is 9.51. The number of ether oxygens (including phenoxy) is 2. The van der Waals surface area contributed by atoms with Crippen LogP contribution >= 0.6 is 0 Å². The van der Waals surface area contributed by atoms with Crippen LogP contribution in [0.1, 0.15) is 103 Å². The second-order valence-electron chi connectivity index (χ2n) is 14.2. The van der Waals surface area contributed by atoms with Gasteiger partial charge in [-0.2, -0.15) is 0 Å². The summed E-state index contributed by atoms with van der Waals surface area (Å²) in [5.74, 6) is -1.83. The van der Waals surface area contributed by atoms with E-state index in [2.05, 4.69) is 19.9 Å². The Morgan fingerprint density at radius 3 is 2.24 bits per heavy atom. The van der Waals surface area contributed by atoms with E-state index in [1.165, 1.54) is 5.57 Å². The third-order valence-corrected chi connectivity index (χ3v) is 10.0. The van der Waals surface area contributed by atoms with E-state index in [0.29, 0.717) is 23.1 Å². The average Bonchev–Trinajstić information content (AvgIpc) is 3.12. The minimum absolute atomic E-state index is 0.0133. The standard InChI is InChI=1S/C38H46O7/c1-21(2)10-9-11-23(5)13-15-26-31(40)27(14-12-22(3)4)34-30(32(26)41)33(42)28-18-25-19-29-36(7,8)45-37(35(25)43,38(28,29)44-34)17-16-24(6)20-39/h10,12-13,16,18,20,25,29,40-41H,9,11,14-15,17,19H2,1-8H3/b23-13-,24-16-/t25-,29+,37?,38-/m1/s1. The van der Waals surface area contributed by atoms with Gasteiger partial charge in [0, 0.05) is 35.0 Å². The van der Waals surface area contributed by atoms with E-state index in [-0.39, 0.29) is 59.3 Å². The first-order chi connectivity index (χ1) is 21.1. The molecule has 1 aromatic carbocycles. The fourth-order valence-corrected chi connectivity index (χ4v) is 7.77. The predicted octanol–water partition coefficient (Wildman–Crippen LogP) is 7.38. The third kappa shape index (κ3) is 5.04. The van der Waals surface area contributed by atoms with Gasteiger partial charge < -0.3 is 19.7 Å². The number of hydrogen-bond acceptors (Lipinski definition) is 7. The molecule has 3 aliphatic carbocycles. The smallest absolute Gasteiger partial charge is 0.200 e. The molecule has 1 unspecified atom stereocenters. The van der Waals surface area contributed by atoms with Crippen molar-refractivity contribution in [3.05, 3.63) is 74.9 Å². The molecule has 7 heteroatoms. The van der Waals surface area contributed by atoms with Crippen LogP contribution in [0.15, 0.2) is 58.2 Å². The average molecular weight is 615 g/mol. The van der Waals surface area contributed by atoms with Gasteiger partial charge in [0.05, 0.1) is 5.60 Å². The number of Topliss-reactive ketones (excluding diaryl/α,β-unsaturated/α-hetero) is 2.